The summed E-state index contributed by atoms with van der Waals surface area (Å²) in [4.78, 5) is 0. The summed E-state index contributed by atoms with van der Waals surface area (Å²) < 4.78 is 0. The largest absolute Gasteiger partial charge is 0.384 e. The van der Waals surface area contributed by atoms with E-state index in [2.05, 4.69) is 56.4 Å². The van der Waals surface area contributed by atoms with Crippen LogP contribution in [0.3, 0.4) is 0 Å². The van der Waals surface area contributed by atoms with E-state index in [1.807, 2.05) is 12.1 Å². The Bertz CT molecular complexity index is 638. The van der Waals surface area contributed by atoms with Crippen molar-refractivity contribution in [1.82, 2.24) is 0 Å². The smallest absolute Gasteiger partial charge is 0.0406 e. The van der Waals surface area contributed by atoms with Crippen LogP contribution in [0, 0.1) is 0 Å². The molecule has 1 atom stereocenters. The first-order valence-electron chi connectivity index (χ1n) is 7.56. The molecule has 0 spiro atoms. The standard InChI is InChI=1S/C19H22ClN/c1-19(2,3)16-6-9-18-14(11-16)10-15(12-21-18)13-4-7-17(20)8-5-13/h4-9,11,15,21H,10,12H2,1-3H3. The predicted octanol–water partition coefficient (Wildman–Crippen LogP) is 5.39. The highest BCUT2D eigenvalue weighted by Gasteiger charge is 2.22. The minimum absolute atomic E-state index is 0.197. The van der Waals surface area contributed by atoms with Crippen LogP contribution in [-0.4, -0.2) is 6.54 Å². The van der Waals surface area contributed by atoms with Gasteiger partial charge in [0.05, 0.1) is 0 Å². The Morgan fingerprint density at radius 1 is 1.05 bits per heavy atom. The van der Waals surface area contributed by atoms with Crippen molar-refractivity contribution < 1.29 is 0 Å². The van der Waals surface area contributed by atoms with Crippen molar-refractivity contribution in [1.29, 1.82) is 0 Å². The maximum absolute atomic E-state index is 5.99. The van der Waals surface area contributed by atoms with E-state index in [1.54, 1.807) is 0 Å². The van der Waals surface area contributed by atoms with Crippen LogP contribution in [0.4, 0.5) is 5.69 Å². The van der Waals surface area contributed by atoms with Crippen molar-refractivity contribution in [3.05, 3.63) is 64.2 Å². The molecular weight excluding hydrogens is 278 g/mol. The molecule has 1 heterocycles. The third kappa shape index (κ3) is 3.08. The van der Waals surface area contributed by atoms with E-state index in [4.69, 9.17) is 11.6 Å². The molecule has 21 heavy (non-hydrogen) atoms. The van der Waals surface area contributed by atoms with Crippen molar-refractivity contribution >= 4 is 17.3 Å². The van der Waals surface area contributed by atoms with Crippen LogP contribution in [0.2, 0.25) is 5.02 Å². The van der Waals surface area contributed by atoms with Crippen LogP contribution in [0.15, 0.2) is 42.5 Å². The average molecular weight is 300 g/mol. The summed E-state index contributed by atoms with van der Waals surface area (Å²) in [5.41, 5.74) is 5.67. The van der Waals surface area contributed by atoms with E-state index >= 15 is 0 Å². The zero-order valence-corrected chi connectivity index (χ0v) is 13.7. The summed E-state index contributed by atoms with van der Waals surface area (Å²) in [5, 5.41) is 4.38. The van der Waals surface area contributed by atoms with E-state index in [0.29, 0.717) is 5.92 Å². The lowest BCUT2D eigenvalue weighted by Crippen LogP contribution is -2.22. The second-order valence-corrected chi connectivity index (χ2v) is 7.39. The Morgan fingerprint density at radius 3 is 2.43 bits per heavy atom. The zero-order valence-electron chi connectivity index (χ0n) is 12.9. The molecule has 0 amide bonds. The number of anilines is 1. The fourth-order valence-electron chi connectivity index (χ4n) is 2.94. The van der Waals surface area contributed by atoms with Gasteiger partial charge in [0.2, 0.25) is 0 Å². The van der Waals surface area contributed by atoms with E-state index < -0.39 is 0 Å². The van der Waals surface area contributed by atoms with Gasteiger partial charge in [0.1, 0.15) is 0 Å². The van der Waals surface area contributed by atoms with E-state index in [-0.39, 0.29) is 5.41 Å². The van der Waals surface area contributed by atoms with Crippen LogP contribution in [0.1, 0.15) is 43.4 Å². The highest BCUT2D eigenvalue weighted by molar-refractivity contribution is 6.30. The Morgan fingerprint density at radius 2 is 1.76 bits per heavy atom. The number of benzene rings is 2. The zero-order chi connectivity index (χ0) is 15.0. The molecule has 1 aliphatic heterocycles. The second kappa shape index (κ2) is 5.38. The summed E-state index contributed by atoms with van der Waals surface area (Å²) in [6, 6.07) is 15.1. The molecule has 1 N–H and O–H groups in total. The lowest BCUT2D eigenvalue weighted by atomic mass is 9.82. The number of hydrogen-bond donors (Lipinski definition) is 1. The molecule has 0 aliphatic carbocycles. The first-order chi connectivity index (χ1) is 9.93. The van der Waals surface area contributed by atoms with Gasteiger partial charge in [-0.2, -0.15) is 0 Å². The van der Waals surface area contributed by atoms with E-state index in [0.717, 1.165) is 18.0 Å². The van der Waals surface area contributed by atoms with Gasteiger partial charge in [-0.3, -0.25) is 0 Å². The van der Waals surface area contributed by atoms with Crippen molar-refractivity contribution in [2.45, 2.75) is 38.5 Å². The van der Waals surface area contributed by atoms with Crippen LogP contribution >= 0.6 is 11.6 Å². The number of nitrogens with one attached hydrogen (secondary N) is 1. The third-order valence-electron chi connectivity index (χ3n) is 4.32. The van der Waals surface area contributed by atoms with Gasteiger partial charge in [0.15, 0.2) is 0 Å². The van der Waals surface area contributed by atoms with Gasteiger partial charge in [-0.05, 0) is 46.7 Å². The van der Waals surface area contributed by atoms with E-state index in [1.165, 1.54) is 22.4 Å². The monoisotopic (exact) mass is 299 g/mol. The highest BCUT2D eigenvalue weighted by atomic mass is 35.5. The van der Waals surface area contributed by atoms with Crippen molar-refractivity contribution in [2.75, 3.05) is 11.9 Å². The molecule has 0 radical (unpaired) electrons. The van der Waals surface area contributed by atoms with Gasteiger partial charge in [-0.15, -0.1) is 0 Å². The molecule has 0 saturated carbocycles. The average Bonchev–Trinajstić information content (AvgIpc) is 2.46. The Hall–Kier alpha value is -1.47. The third-order valence-corrected chi connectivity index (χ3v) is 4.57. The molecule has 0 saturated heterocycles. The Labute approximate surface area is 132 Å². The molecule has 110 valence electrons. The second-order valence-electron chi connectivity index (χ2n) is 6.96. The lowest BCUT2D eigenvalue weighted by Gasteiger charge is -2.29. The summed E-state index contributed by atoms with van der Waals surface area (Å²) in [5.74, 6) is 0.519. The van der Waals surface area contributed by atoms with Crippen LogP contribution < -0.4 is 5.32 Å². The van der Waals surface area contributed by atoms with Gasteiger partial charge in [-0.1, -0.05) is 56.6 Å². The number of hydrogen-bond acceptors (Lipinski definition) is 1. The molecule has 3 rings (SSSR count). The lowest BCUT2D eigenvalue weighted by molar-refractivity contribution is 0.587. The Kier molecular flexibility index (Phi) is 3.71. The highest BCUT2D eigenvalue weighted by Crippen LogP contribution is 2.34. The quantitative estimate of drug-likeness (QED) is 0.744. The van der Waals surface area contributed by atoms with Crippen LogP contribution in [0.25, 0.3) is 0 Å². The van der Waals surface area contributed by atoms with Gasteiger partial charge < -0.3 is 5.32 Å². The molecule has 2 heteroatoms. The molecule has 2 aromatic rings. The minimum Gasteiger partial charge on any atom is -0.384 e. The summed E-state index contributed by atoms with van der Waals surface area (Å²) >= 11 is 5.99. The van der Waals surface area contributed by atoms with Crippen molar-refractivity contribution in [3.8, 4) is 0 Å². The molecule has 0 fully saturated rings. The molecule has 1 aliphatic rings. The number of rotatable bonds is 1. The van der Waals surface area contributed by atoms with Gasteiger partial charge in [-0.25, -0.2) is 0 Å². The molecular formula is C19H22ClN. The van der Waals surface area contributed by atoms with E-state index in [9.17, 15) is 0 Å². The van der Waals surface area contributed by atoms with Gasteiger partial charge in [0, 0.05) is 23.2 Å². The fraction of sp³-hybridized carbons (Fsp3) is 0.368. The summed E-state index contributed by atoms with van der Waals surface area (Å²) in [6.45, 7) is 7.79. The minimum atomic E-state index is 0.197. The molecule has 1 nitrogen and oxygen atoms in total. The van der Waals surface area contributed by atoms with Gasteiger partial charge >= 0.3 is 0 Å². The van der Waals surface area contributed by atoms with Gasteiger partial charge in [0.25, 0.3) is 0 Å². The molecule has 0 aromatic heterocycles. The van der Waals surface area contributed by atoms with Crippen molar-refractivity contribution in [2.24, 2.45) is 0 Å². The Balaban J connectivity index is 1.88. The fourth-order valence-corrected chi connectivity index (χ4v) is 3.07. The first-order valence-corrected chi connectivity index (χ1v) is 7.94. The molecule has 0 bridgehead atoms. The van der Waals surface area contributed by atoms with Crippen LogP contribution in [-0.2, 0) is 11.8 Å². The normalized spacial score (nSPS) is 18.0. The summed E-state index contributed by atoms with van der Waals surface area (Å²) in [6.07, 6.45) is 1.09. The summed E-state index contributed by atoms with van der Waals surface area (Å²) in [7, 11) is 0. The first kappa shape index (κ1) is 14.5. The maximum atomic E-state index is 5.99. The molecule has 1 unspecified atom stereocenters. The SMILES string of the molecule is CC(C)(C)c1ccc2c(c1)CC(c1ccc(Cl)cc1)CN2. The maximum Gasteiger partial charge on any atom is 0.0406 e. The number of fused-ring (bicyclic) bond motifs is 1. The topological polar surface area (TPSA) is 12.0 Å². The predicted molar refractivity (Wildman–Crippen MR) is 91.5 cm³/mol. The molecule has 2 aromatic carbocycles. The van der Waals surface area contributed by atoms with Crippen LogP contribution in [0.5, 0.6) is 0 Å². The van der Waals surface area contributed by atoms with Crippen molar-refractivity contribution in [3.63, 3.8) is 0 Å². The number of halogens is 1.